The van der Waals surface area contributed by atoms with E-state index in [1.807, 2.05) is 0 Å². The van der Waals surface area contributed by atoms with Gasteiger partial charge in [0.25, 0.3) is 0 Å². The van der Waals surface area contributed by atoms with E-state index in [4.69, 9.17) is 5.11 Å². The molecule has 0 saturated heterocycles. The van der Waals surface area contributed by atoms with E-state index in [-0.39, 0.29) is 12.5 Å². The minimum absolute atomic E-state index is 0.0752. The summed E-state index contributed by atoms with van der Waals surface area (Å²) < 4.78 is 0. The molecule has 3 heteroatoms. The average molecular weight is 219 g/mol. The summed E-state index contributed by atoms with van der Waals surface area (Å²) in [4.78, 5) is 10.7. The number of fused-ring (bicyclic) bond motifs is 1. The molecule has 0 aromatic heterocycles. The van der Waals surface area contributed by atoms with Crippen LogP contribution in [0.2, 0.25) is 0 Å². The fourth-order valence-corrected chi connectivity index (χ4v) is 2.43. The summed E-state index contributed by atoms with van der Waals surface area (Å²) in [5.41, 5.74) is 4.98. The Balaban J connectivity index is 2.23. The number of aliphatic carboxylic acids is 1. The molecule has 2 N–H and O–H groups in total. The molecule has 0 bridgehead atoms. The van der Waals surface area contributed by atoms with E-state index in [9.17, 15) is 4.79 Å². The first kappa shape index (κ1) is 11.0. The van der Waals surface area contributed by atoms with Crippen molar-refractivity contribution in [1.29, 1.82) is 0 Å². The molecule has 0 amide bonds. The predicted octanol–water partition coefficient (Wildman–Crippen LogP) is 2.50. The Bertz CT molecular complexity index is 426. The number of rotatable bonds is 2. The van der Waals surface area contributed by atoms with Gasteiger partial charge in [-0.2, -0.15) is 0 Å². The molecule has 1 atom stereocenters. The van der Waals surface area contributed by atoms with E-state index in [2.05, 4.69) is 31.3 Å². The van der Waals surface area contributed by atoms with Crippen molar-refractivity contribution in [2.24, 2.45) is 0 Å². The lowest BCUT2D eigenvalue weighted by Crippen LogP contribution is -2.28. The van der Waals surface area contributed by atoms with Gasteiger partial charge in [-0.05, 0) is 49.4 Å². The highest BCUT2D eigenvalue weighted by Crippen LogP contribution is 2.29. The number of carbonyl (C=O) groups is 1. The smallest absolute Gasteiger partial charge is 0.305 e. The Morgan fingerprint density at radius 1 is 1.50 bits per heavy atom. The molecule has 1 heterocycles. The minimum atomic E-state index is -0.731. The Morgan fingerprint density at radius 2 is 2.25 bits per heavy atom. The second-order valence-corrected chi connectivity index (χ2v) is 4.59. The first-order valence-electron chi connectivity index (χ1n) is 5.64. The van der Waals surface area contributed by atoms with Gasteiger partial charge in [-0.1, -0.05) is 6.07 Å². The van der Waals surface area contributed by atoms with Gasteiger partial charge in [0, 0.05) is 11.7 Å². The number of aryl methyl sites for hydroxylation is 2. The quantitative estimate of drug-likeness (QED) is 0.803. The van der Waals surface area contributed by atoms with Crippen molar-refractivity contribution in [3.8, 4) is 0 Å². The Morgan fingerprint density at radius 3 is 2.94 bits per heavy atom. The van der Waals surface area contributed by atoms with E-state index < -0.39 is 5.97 Å². The van der Waals surface area contributed by atoms with Crippen molar-refractivity contribution >= 4 is 11.7 Å². The second kappa shape index (κ2) is 4.16. The molecule has 2 rings (SSSR count). The largest absolute Gasteiger partial charge is 0.481 e. The number of nitrogens with one attached hydrogen (secondary N) is 1. The van der Waals surface area contributed by atoms with Gasteiger partial charge in [0.05, 0.1) is 6.42 Å². The number of carboxylic acids is 1. The van der Waals surface area contributed by atoms with Crippen LogP contribution in [-0.4, -0.2) is 17.1 Å². The van der Waals surface area contributed by atoms with Crippen LogP contribution < -0.4 is 5.32 Å². The number of hydrogen-bond acceptors (Lipinski definition) is 2. The lowest BCUT2D eigenvalue weighted by atomic mass is 9.92. The zero-order valence-corrected chi connectivity index (χ0v) is 9.71. The second-order valence-electron chi connectivity index (χ2n) is 4.59. The zero-order valence-electron chi connectivity index (χ0n) is 9.71. The van der Waals surface area contributed by atoms with Gasteiger partial charge in [0.1, 0.15) is 0 Å². The van der Waals surface area contributed by atoms with Gasteiger partial charge >= 0.3 is 5.97 Å². The fraction of sp³-hybridized carbons (Fsp3) is 0.462. The molecule has 16 heavy (non-hydrogen) atoms. The molecule has 1 aromatic rings. The van der Waals surface area contributed by atoms with Gasteiger partial charge in [-0.25, -0.2) is 0 Å². The van der Waals surface area contributed by atoms with Crippen molar-refractivity contribution in [2.75, 3.05) is 5.32 Å². The number of benzene rings is 1. The summed E-state index contributed by atoms with van der Waals surface area (Å²) in [5, 5.41) is 12.1. The van der Waals surface area contributed by atoms with Crippen LogP contribution in [-0.2, 0) is 11.2 Å². The fourth-order valence-electron chi connectivity index (χ4n) is 2.43. The van der Waals surface area contributed by atoms with Crippen LogP contribution in [0.4, 0.5) is 5.69 Å². The molecular formula is C13H17NO2. The summed E-state index contributed by atoms with van der Waals surface area (Å²) in [5.74, 6) is -0.731. The highest BCUT2D eigenvalue weighted by atomic mass is 16.4. The summed E-state index contributed by atoms with van der Waals surface area (Å²) in [6, 6.07) is 4.36. The molecule has 1 aliphatic heterocycles. The van der Waals surface area contributed by atoms with Crippen LogP contribution in [0.15, 0.2) is 12.1 Å². The van der Waals surface area contributed by atoms with Crippen molar-refractivity contribution in [3.63, 3.8) is 0 Å². The maximum Gasteiger partial charge on any atom is 0.305 e. The molecule has 1 unspecified atom stereocenters. The molecule has 0 radical (unpaired) electrons. The molecule has 0 spiro atoms. The third-order valence-corrected chi connectivity index (χ3v) is 3.14. The van der Waals surface area contributed by atoms with Crippen molar-refractivity contribution in [3.05, 3.63) is 28.8 Å². The van der Waals surface area contributed by atoms with Crippen LogP contribution >= 0.6 is 0 Å². The van der Waals surface area contributed by atoms with Crippen LogP contribution in [0.1, 0.15) is 29.5 Å². The molecule has 0 saturated carbocycles. The Labute approximate surface area is 95.5 Å². The minimum Gasteiger partial charge on any atom is -0.481 e. The molecule has 86 valence electrons. The maximum absolute atomic E-state index is 10.7. The summed E-state index contributed by atoms with van der Waals surface area (Å²) in [6.07, 6.45) is 2.09. The van der Waals surface area contributed by atoms with Gasteiger partial charge in [-0.15, -0.1) is 0 Å². The molecule has 0 fully saturated rings. The normalized spacial score (nSPS) is 18.8. The van der Waals surface area contributed by atoms with E-state index in [1.165, 1.54) is 16.7 Å². The molecule has 3 nitrogen and oxygen atoms in total. The van der Waals surface area contributed by atoms with Crippen molar-refractivity contribution in [2.45, 2.75) is 39.2 Å². The number of hydrogen-bond donors (Lipinski definition) is 2. The highest BCUT2D eigenvalue weighted by molar-refractivity contribution is 5.69. The lowest BCUT2D eigenvalue weighted by molar-refractivity contribution is -0.137. The van der Waals surface area contributed by atoms with E-state index in [1.54, 1.807) is 0 Å². The van der Waals surface area contributed by atoms with Gasteiger partial charge in [0.2, 0.25) is 0 Å². The van der Waals surface area contributed by atoms with Crippen molar-refractivity contribution in [1.82, 2.24) is 0 Å². The zero-order chi connectivity index (χ0) is 11.7. The first-order valence-corrected chi connectivity index (χ1v) is 5.64. The van der Waals surface area contributed by atoms with Crippen LogP contribution in [0.25, 0.3) is 0 Å². The van der Waals surface area contributed by atoms with Crippen LogP contribution in [0, 0.1) is 13.8 Å². The Kier molecular flexibility index (Phi) is 2.86. The number of carboxylic acid groups (broad SMARTS) is 1. The SMILES string of the molecule is Cc1cc(C)c2c(c1)NC(CC(=O)O)CC2. The highest BCUT2D eigenvalue weighted by Gasteiger charge is 2.21. The standard InChI is InChI=1S/C13H17NO2/c1-8-5-9(2)11-4-3-10(7-13(15)16)14-12(11)6-8/h5-6,10,14H,3-4,7H2,1-2H3,(H,15,16). The van der Waals surface area contributed by atoms with E-state index in [0.717, 1.165) is 18.5 Å². The summed E-state index contributed by atoms with van der Waals surface area (Å²) in [6.45, 7) is 4.18. The van der Waals surface area contributed by atoms with Gasteiger partial charge in [-0.3, -0.25) is 4.79 Å². The molecule has 1 aromatic carbocycles. The third kappa shape index (κ3) is 2.18. The first-order chi connectivity index (χ1) is 7.56. The molecule has 1 aliphatic rings. The topological polar surface area (TPSA) is 49.3 Å². The third-order valence-electron chi connectivity index (χ3n) is 3.14. The van der Waals surface area contributed by atoms with Gasteiger partial charge in [0.15, 0.2) is 0 Å². The summed E-state index contributed by atoms with van der Waals surface area (Å²) >= 11 is 0. The number of anilines is 1. The van der Waals surface area contributed by atoms with Crippen LogP contribution in [0.3, 0.4) is 0 Å². The Hall–Kier alpha value is -1.51. The average Bonchev–Trinajstić information content (AvgIpc) is 2.15. The predicted molar refractivity (Wildman–Crippen MR) is 63.9 cm³/mol. The van der Waals surface area contributed by atoms with Gasteiger partial charge < -0.3 is 10.4 Å². The van der Waals surface area contributed by atoms with E-state index >= 15 is 0 Å². The monoisotopic (exact) mass is 219 g/mol. The molecule has 0 aliphatic carbocycles. The van der Waals surface area contributed by atoms with Crippen molar-refractivity contribution < 1.29 is 9.90 Å². The van der Waals surface area contributed by atoms with Crippen LogP contribution in [0.5, 0.6) is 0 Å². The lowest BCUT2D eigenvalue weighted by Gasteiger charge is -2.27. The summed E-state index contributed by atoms with van der Waals surface area (Å²) in [7, 11) is 0. The van der Waals surface area contributed by atoms with E-state index in [0.29, 0.717) is 0 Å². The molecular weight excluding hydrogens is 202 g/mol. The maximum atomic E-state index is 10.7.